The van der Waals surface area contributed by atoms with Crippen LogP contribution in [-0.4, -0.2) is 28.5 Å². The van der Waals surface area contributed by atoms with Crippen LogP contribution >= 0.6 is 0 Å². The Hall–Kier alpha value is -1.55. The van der Waals surface area contributed by atoms with Crippen LogP contribution in [0.1, 0.15) is 39.3 Å². The first-order valence-electron chi connectivity index (χ1n) is 8.14. The second-order valence-electron chi connectivity index (χ2n) is 6.28. The monoisotopic (exact) mass is 286 g/mol. The Morgan fingerprint density at radius 2 is 2.19 bits per heavy atom. The number of nitrogens with zero attached hydrogens (tertiary/aromatic N) is 3. The molecule has 0 spiro atoms. The van der Waals surface area contributed by atoms with E-state index in [0.717, 1.165) is 37.0 Å². The Morgan fingerprint density at radius 1 is 1.38 bits per heavy atom. The van der Waals surface area contributed by atoms with Crippen LogP contribution in [0.3, 0.4) is 0 Å². The third-order valence-corrected chi connectivity index (χ3v) is 4.20. The Morgan fingerprint density at radius 3 is 2.86 bits per heavy atom. The number of pyridine rings is 1. The van der Waals surface area contributed by atoms with Crippen molar-refractivity contribution in [2.45, 2.75) is 46.2 Å². The molecular weight excluding hydrogens is 260 g/mol. The van der Waals surface area contributed by atoms with Crippen molar-refractivity contribution in [2.24, 2.45) is 5.92 Å². The maximum Gasteiger partial charge on any atom is 0.152 e. The highest BCUT2D eigenvalue weighted by Crippen LogP contribution is 2.33. The molecule has 0 aromatic carbocycles. The van der Waals surface area contributed by atoms with Crippen molar-refractivity contribution in [1.29, 1.82) is 0 Å². The molecule has 2 aromatic heterocycles. The van der Waals surface area contributed by atoms with Crippen LogP contribution in [0.25, 0.3) is 5.65 Å². The molecule has 0 bridgehead atoms. The van der Waals surface area contributed by atoms with Gasteiger partial charge in [0.1, 0.15) is 5.65 Å². The highest BCUT2D eigenvalue weighted by Gasteiger charge is 2.28. The first-order valence-corrected chi connectivity index (χ1v) is 8.14. The molecule has 1 saturated carbocycles. The summed E-state index contributed by atoms with van der Waals surface area (Å²) < 4.78 is 2.22. The molecule has 4 nitrogen and oxygen atoms in total. The minimum absolute atomic E-state index is 0.482. The fourth-order valence-corrected chi connectivity index (χ4v) is 2.79. The maximum absolute atomic E-state index is 4.92. The van der Waals surface area contributed by atoms with Crippen molar-refractivity contribution < 1.29 is 0 Å². The Balaban J connectivity index is 2.01. The second kappa shape index (κ2) is 6.06. The van der Waals surface area contributed by atoms with E-state index < -0.39 is 0 Å². The number of nitrogens with one attached hydrogen (secondary N) is 1. The predicted molar refractivity (Wildman–Crippen MR) is 87.8 cm³/mol. The molecule has 0 amide bonds. The number of hydrogen-bond donors (Lipinski definition) is 1. The van der Waals surface area contributed by atoms with Gasteiger partial charge in [0.2, 0.25) is 0 Å². The Kier molecular flexibility index (Phi) is 4.15. The van der Waals surface area contributed by atoms with E-state index >= 15 is 0 Å². The normalized spacial score (nSPS) is 15.0. The van der Waals surface area contributed by atoms with Crippen LogP contribution in [0, 0.1) is 5.92 Å². The van der Waals surface area contributed by atoms with Gasteiger partial charge in [0.05, 0.1) is 5.69 Å². The third-order valence-electron chi connectivity index (χ3n) is 4.20. The van der Waals surface area contributed by atoms with Crippen molar-refractivity contribution in [2.75, 3.05) is 18.0 Å². The molecule has 0 unspecified atom stereocenters. The molecule has 1 fully saturated rings. The quantitative estimate of drug-likeness (QED) is 0.849. The van der Waals surface area contributed by atoms with E-state index in [1.165, 1.54) is 18.5 Å². The van der Waals surface area contributed by atoms with Crippen molar-refractivity contribution >= 4 is 11.5 Å². The van der Waals surface area contributed by atoms with Gasteiger partial charge in [0.25, 0.3) is 0 Å². The average molecular weight is 286 g/mol. The summed E-state index contributed by atoms with van der Waals surface area (Å²) in [6.07, 6.45) is 4.87. The van der Waals surface area contributed by atoms with Gasteiger partial charge < -0.3 is 14.6 Å². The van der Waals surface area contributed by atoms with Crippen LogP contribution in [0.5, 0.6) is 0 Å². The fourth-order valence-electron chi connectivity index (χ4n) is 2.79. The summed E-state index contributed by atoms with van der Waals surface area (Å²) in [5.74, 6) is 2.02. The lowest BCUT2D eigenvalue weighted by Gasteiger charge is -2.28. The maximum atomic E-state index is 4.92. The number of anilines is 1. The summed E-state index contributed by atoms with van der Waals surface area (Å²) in [4.78, 5) is 7.40. The summed E-state index contributed by atoms with van der Waals surface area (Å²) in [6.45, 7) is 9.66. The van der Waals surface area contributed by atoms with Gasteiger partial charge in [-0.25, -0.2) is 4.98 Å². The largest absolute Gasteiger partial charge is 0.352 e. The molecule has 2 heterocycles. The number of imidazole rings is 1. The average Bonchev–Trinajstić information content (AvgIpc) is 3.23. The Bertz CT molecular complexity index is 598. The fraction of sp³-hybridized carbons (Fsp3) is 0.588. The highest BCUT2D eigenvalue weighted by atomic mass is 15.3. The molecule has 0 saturated heterocycles. The molecule has 21 heavy (non-hydrogen) atoms. The molecule has 1 aliphatic rings. The van der Waals surface area contributed by atoms with Crippen LogP contribution in [0.4, 0.5) is 5.82 Å². The zero-order valence-corrected chi connectivity index (χ0v) is 13.3. The van der Waals surface area contributed by atoms with E-state index in [1.807, 2.05) is 0 Å². The molecule has 0 radical (unpaired) electrons. The minimum Gasteiger partial charge on any atom is -0.352 e. The first kappa shape index (κ1) is 14.4. The first-order chi connectivity index (χ1) is 10.2. The SMILES string of the molecule is CCNCc1c(N(CC2CC2)C(C)C)nc2ccccn12. The second-order valence-corrected chi connectivity index (χ2v) is 6.28. The van der Waals surface area contributed by atoms with E-state index in [-0.39, 0.29) is 0 Å². The third kappa shape index (κ3) is 3.05. The molecular formula is C17H26N4. The van der Waals surface area contributed by atoms with Crippen LogP contribution in [0.2, 0.25) is 0 Å². The molecule has 114 valence electrons. The van der Waals surface area contributed by atoms with Crippen LogP contribution < -0.4 is 10.2 Å². The molecule has 4 heteroatoms. The lowest BCUT2D eigenvalue weighted by Crippen LogP contribution is -2.34. The molecule has 1 aliphatic carbocycles. The number of aromatic nitrogens is 2. The lowest BCUT2D eigenvalue weighted by atomic mass is 10.2. The lowest BCUT2D eigenvalue weighted by molar-refractivity contribution is 0.627. The van der Waals surface area contributed by atoms with E-state index in [2.05, 4.69) is 59.8 Å². The van der Waals surface area contributed by atoms with Crippen molar-refractivity contribution in [1.82, 2.24) is 14.7 Å². The molecule has 0 aliphatic heterocycles. The zero-order valence-electron chi connectivity index (χ0n) is 13.3. The molecule has 3 rings (SSSR count). The summed E-state index contributed by atoms with van der Waals surface area (Å²) in [5.41, 5.74) is 2.32. The van der Waals surface area contributed by atoms with Gasteiger partial charge in [-0.05, 0) is 51.3 Å². The topological polar surface area (TPSA) is 32.6 Å². The zero-order chi connectivity index (χ0) is 14.8. The van der Waals surface area contributed by atoms with Crippen molar-refractivity contribution in [3.8, 4) is 0 Å². The van der Waals surface area contributed by atoms with Gasteiger partial charge in [-0.3, -0.25) is 0 Å². The van der Waals surface area contributed by atoms with Gasteiger partial charge >= 0.3 is 0 Å². The smallest absolute Gasteiger partial charge is 0.152 e. The van der Waals surface area contributed by atoms with E-state index in [4.69, 9.17) is 4.98 Å². The summed E-state index contributed by atoms with van der Waals surface area (Å²) >= 11 is 0. The van der Waals surface area contributed by atoms with Gasteiger partial charge in [-0.15, -0.1) is 0 Å². The molecule has 0 atom stereocenters. The van der Waals surface area contributed by atoms with Crippen LogP contribution in [0.15, 0.2) is 24.4 Å². The van der Waals surface area contributed by atoms with Gasteiger partial charge in [-0.2, -0.15) is 0 Å². The van der Waals surface area contributed by atoms with Crippen LogP contribution in [-0.2, 0) is 6.54 Å². The molecule has 1 N–H and O–H groups in total. The minimum atomic E-state index is 0.482. The Labute approximate surface area is 127 Å². The van der Waals surface area contributed by atoms with Gasteiger partial charge in [-0.1, -0.05) is 13.0 Å². The summed E-state index contributed by atoms with van der Waals surface area (Å²) in [7, 11) is 0. The number of rotatable bonds is 7. The number of hydrogen-bond acceptors (Lipinski definition) is 3. The van der Waals surface area contributed by atoms with E-state index in [1.54, 1.807) is 0 Å². The van der Waals surface area contributed by atoms with E-state index in [9.17, 15) is 0 Å². The van der Waals surface area contributed by atoms with Gasteiger partial charge in [0, 0.05) is 25.3 Å². The standard InChI is InChI=1S/C17H26N4/c1-4-18-11-15-17(19-16-7-5-6-10-20(15)16)21(13(2)3)12-14-8-9-14/h5-7,10,13-14,18H,4,8-9,11-12H2,1-3H3. The van der Waals surface area contributed by atoms with E-state index in [0.29, 0.717) is 6.04 Å². The summed E-state index contributed by atoms with van der Waals surface area (Å²) in [5, 5.41) is 3.46. The predicted octanol–water partition coefficient (Wildman–Crippen LogP) is 3.07. The summed E-state index contributed by atoms with van der Waals surface area (Å²) in [6, 6.07) is 6.71. The van der Waals surface area contributed by atoms with Gasteiger partial charge in [0.15, 0.2) is 5.82 Å². The number of fused-ring (bicyclic) bond motifs is 1. The van der Waals surface area contributed by atoms with Crippen molar-refractivity contribution in [3.63, 3.8) is 0 Å². The highest BCUT2D eigenvalue weighted by molar-refractivity contribution is 5.56. The van der Waals surface area contributed by atoms with Crippen molar-refractivity contribution in [3.05, 3.63) is 30.1 Å². The molecule has 2 aromatic rings.